The molecule has 1 N–H and O–H groups in total. The Morgan fingerprint density at radius 2 is 2.08 bits per heavy atom. The van der Waals surface area contributed by atoms with Gasteiger partial charge in [-0.05, 0) is 30.5 Å². The molecule has 0 radical (unpaired) electrons. The van der Waals surface area contributed by atoms with E-state index in [4.69, 9.17) is 9.47 Å². The first kappa shape index (κ1) is 25.2. The zero-order valence-electron chi connectivity index (χ0n) is 20.8. The van der Waals surface area contributed by atoms with Gasteiger partial charge in [0.1, 0.15) is 23.7 Å². The Kier molecular flexibility index (Phi) is 7.38. The van der Waals surface area contributed by atoms with Gasteiger partial charge in [0.15, 0.2) is 5.60 Å². The number of fused-ring (bicyclic) bond motifs is 2. The average Bonchev–Trinajstić information content (AvgIpc) is 3.35. The number of thiophene rings is 1. The molecule has 0 bridgehead atoms. The van der Waals surface area contributed by atoms with Crippen molar-refractivity contribution in [2.24, 2.45) is 0 Å². The Balaban J connectivity index is 1.33. The van der Waals surface area contributed by atoms with E-state index in [1.807, 2.05) is 49.4 Å². The van der Waals surface area contributed by atoms with Crippen molar-refractivity contribution in [3.63, 3.8) is 0 Å². The van der Waals surface area contributed by atoms with E-state index in [0.717, 1.165) is 22.6 Å². The first-order chi connectivity index (χ1) is 18.0. The average molecular weight is 523 g/mol. The molecule has 4 heterocycles. The van der Waals surface area contributed by atoms with Gasteiger partial charge < -0.3 is 19.7 Å². The lowest BCUT2D eigenvalue weighted by Crippen LogP contribution is -2.61. The molecule has 37 heavy (non-hydrogen) atoms. The molecule has 1 saturated heterocycles. The van der Waals surface area contributed by atoms with Crippen LogP contribution in [0.3, 0.4) is 0 Å². The van der Waals surface area contributed by atoms with Crippen molar-refractivity contribution in [3.05, 3.63) is 69.6 Å². The van der Waals surface area contributed by atoms with Crippen molar-refractivity contribution in [2.45, 2.75) is 38.3 Å². The summed E-state index contributed by atoms with van der Waals surface area (Å²) in [6.07, 6.45) is 7.17. The number of nitrogens with zero attached hydrogens (tertiary/aromatic N) is 3. The topological polar surface area (TPSA) is 103 Å². The molecule has 1 spiro atoms. The van der Waals surface area contributed by atoms with Gasteiger partial charge in [-0.25, -0.2) is 4.98 Å². The molecular formula is C27H30N4O5S. The summed E-state index contributed by atoms with van der Waals surface area (Å²) in [6.45, 7) is 3.20. The first-order valence-corrected chi connectivity index (χ1v) is 13.3. The molecular weight excluding hydrogens is 492 g/mol. The van der Waals surface area contributed by atoms with Crippen LogP contribution < -0.4 is 15.6 Å². The van der Waals surface area contributed by atoms with E-state index in [-0.39, 0.29) is 37.1 Å². The van der Waals surface area contributed by atoms with Gasteiger partial charge in [-0.2, -0.15) is 0 Å². The Bertz CT molecular complexity index is 1400. The van der Waals surface area contributed by atoms with Gasteiger partial charge in [0.2, 0.25) is 5.91 Å². The number of nitrogens with one attached hydrogen (secondary N) is 1. The van der Waals surface area contributed by atoms with Crippen molar-refractivity contribution in [1.29, 1.82) is 0 Å². The normalized spacial score (nSPS) is 21.4. The molecule has 9 nitrogen and oxygen atoms in total. The number of carbonyl (C=O) groups is 2. The highest BCUT2D eigenvalue weighted by atomic mass is 32.1. The molecule has 1 unspecified atom stereocenters. The monoisotopic (exact) mass is 522 g/mol. The number of morpholine rings is 1. The first-order valence-electron chi connectivity index (χ1n) is 12.5. The maximum Gasteiger partial charge on any atom is 0.262 e. The highest BCUT2D eigenvalue weighted by molar-refractivity contribution is 7.18. The van der Waals surface area contributed by atoms with Gasteiger partial charge in [-0.3, -0.25) is 19.0 Å². The minimum absolute atomic E-state index is 0.0995. The van der Waals surface area contributed by atoms with Crippen LogP contribution in [0.25, 0.3) is 10.2 Å². The Hall–Kier alpha value is -3.50. The quantitative estimate of drug-likeness (QED) is 0.530. The summed E-state index contributed by atoms with van der Waals surface area (Å²) in [5.74, 6) is 0.272. The van der Waals surface area contributed by atoms with Crippen molar-refractivity contribution in [2.75, 3.05) is 32.8 Å². The highest BCUT2D eigenvalue weighted by Gasteiger charge is 2.44. The molecule has 0 saturated carbocycles. The van der Waals surface area contributed by atoms with Gasteiger partial charge >= 0.3 is 0 Å². The van der Waals surface area contributed by atoms with E-state index in [0.29, 0.717) is 42.8 Å². The molecule has 10 heteroatoms. The van der Waals surface area contributed by atoms with E-state index >= 15 is 0 Å². The second-order valence-electron chi connectivity index (χ2n) is 9.21. The summed E-state index contributed by atoms with van der Waals surface area (Å²) in [7, 11) is 0. The maximum absolute atomic E-state index is 13.3. The van der Waals surface area contributed by atoms with E-state index in [1.165, 1.54) is 22.2 Å². The summed E-state index contributed by atoms with van der Waals surface area (Å²) in [4.78, 5) is 47.3. The maximum atomic E-state index is 13.3. The minimum Gasteiger partial charge on any atom is -0.491 e. The second kappa shape index (κ2) is 10.9. The fraction of sp³-hybridized carbons (Fsp3) is 0.407. The Morgan fingerprint density at radius 3 is 2.95 bits per heavy atom. The molecule has 0 aliphatic carbocycles. The van der Waals surface area contributed by atoms with Crippen LogP contribution in [-0.2, 0) is 33.7 Å². The zero-order valence-corrected chi connectivity index (χ0v) is 21.6. The minimum atomic E-state index is -1.21. The fourth-order valence-electron chi connectivity index (χ4n) is 4.68. The number of ether oxygens (including phenoxy) is 2. The molecule has 2 aliphatic rings. The van der Waals surface area contributed by atoms with Crippen molar-refractivity contribution >= 4 is 33.4 Å². The molecule has 1 fully saturated rings. The molecule has 2 amide bonds. The largest absolute Gasteiger partial charge is 0.491 e. The molecule has 5 rings (SSSR count). The number of hydrogen-bond acceptors (Lipinski definition) is 7. The van der Waals surface area contributed by atoms with Crippen LogP contribution in [0.2, 0.25) is 0 Å². The summed E-state index contributed by atoms with van der Waals surface area (Å²) in [6, 6.07) is 9.69. The standard InChI is InChI=1S/C27H30N4O5S/c1-2-20-15-21-24(37-20)29-18-31(25(21)33)16-23(32)30-12-14-36-27(17-30)10-6-5-8-19-7-3-4-9-22(19)35-13-11-28-26(27)34/h3-7,9,15,18H,2,8,10-14,16-17H2,1H3,(H,28,34)/b6-5+. The molecule has 194 valence electrons. The Morgan fingerprint density at radius 1 is 1.22 bits per heavy atom. The number of allylic oxidation sites excluding steroid dienone is 1. The van der Waals surface area contributed by atoms with Crippen LogP contribution >= 0.6 is 11.3 Å². The van der Waals surface area contributed by atoms with Gasteiger partial charge in [-0.15, -0.1) is 11.3 Å². The predicted octanol–water partition coefficient (Wildman–Crippen LogP) is 2.32. The van der Waals surface area contributed by atoms with E-state index in [1.54, 1.807) is 4.90 Å². The summed E-state index contributed by atoms with van der Waals surface area (Å²) >= 11 is 1.49. The lowest BCUT2D eigenvalue weighted by Gasteiger charge is -2.41. The van der Waals surface area contributed by atoms with Crippen LogP contribution in [0, 0.1) is 0 Å². The number of hydrogen-bond donors (Lipinski definition) is 1. The molecule has 1 atom stereocenters. The summed E-state index contributed by atoms with van der Waals surface area (Å²) < 4.78 is 13.3. The van der Waals surface area contributed by atoms with Gasteiger partial charge in [0, 0.05) is 17.8 Å². The van der Waals surface area contributed by atoms with Crippen LogP contribution in [-0.4, -0.2) is 64.7 Å². The van der Waals surface area contributed by atoms with Crippen LogP contribution in [0.1, 0.15) is 23.8 Å². The van der Waals surface area contributed by atoms with Crippen molar-refractivity contribution in [1.82, 2.24) is 19.8 Å². The molecule has 2 aromatic heterocycles. The van der Waals surface area contributed by atoms with Gasteiger partial charge in [0.25, 0.3) is 11.5 Å². The molecule has 1 aromatic carbocycles. The van der Waals surface area contributed by atoms with Crippen LogP contribution in [0.4, 0.5) is 0 Å². The third kappa shape index (κ3) is 5.30. The third-order valence-corrected chi connectivity index (χ3v) is 7.93. The van der Waals surface area contributed by atoms with Crippen LogP contribution in [0.5, 0.6) is 5.75 Å². The van der Waals surface area contributed by atoms with E-state index in [2.05, 4.69) is 10.3 Å². The van der Waals surface area contributed by atoms with E-state index in [9.17, 15) is 14.4 Å². The smallest absolute Gasteiger partial charge is 0.262 e. The second-order valence-corrected chi connectivity index (χ2v) is 10.3. The predicted molar refractivity (Wildman–Crippen MR) is 141 cm³/mol. The molecule has 2 aliphatic heterocycles. The number of benzene rings is 1. The highest BCUT2D eigenvalue weighted by Crippen LogP contribution is 2.26. The summed E-state index contributed by atoms with van der Waals surface area (Å²) in [5.41, 5.74) is -0.377. The van der Waals surface area contributed by atoms with Crippen molar-refractivity contribution in [3.8, 4) is 5.75 Å². The fourth-order valence-corrected chi connectivity index (χ4v) is 5.60. The molecule has 3 aromatic rings. The number of aryl methyl sites for hydroxylation is 1. The Labute approximate surface area is 218 Å². The zero-order chi connectivity index (χ0) is 25.8. The van der Waals surface area contributed by atoms with E-state index < -0.39 is 5.60 Å². The number of aromatic nitrogens is 2. The number of rotatable bonds is 3. The number of amides is 2. The van der Waals surface area contributed by atoms with Crippen molar-refractivity contribution < 1.29 is 19.1 Å². The van der Waals surface area contributed by atoms with Gasteiger partial charge in [0.05, 0.1) is 31.4 Å². The third-order valence-electron chi connectivity index (χ3n) is 6.75. The lowest BCUT2D eigenvalue weighted by atomic mass is 9.94. The van der Waals surface area contributed by atoms with Gasteiger partial charge in [-0.1, -0.05) is 37.3 Å². The number of carbonyl (C=O) groups excluding carboxylic acids is 2. The lowest BCUT2D eigenvalue weighted by molar-refractivity contribution is -0.166. The summed E-state index contributed by atoms with van der Waals surface area (Å²) in [5, 5.41) is 3.44. The number of para-hydroxylation sites is 1. The van der Waals surface area contributed by atoms with Crippen LogP contribution in [0.15, 0.2) is 53.6 Å². The SMILES string of the molecule is CCc1cc2c(=O)n(CC(=O)N3CCOC4(C/C=C/Cc5ccccc5OCCNC4=O)C3)cnc2s1.